The summed E-state index contributed by atoms with van der Waals surface area (Å²) in [4.78, 5) is 0. The lowest BCUT2D eigenvalue weighted by molar-refractivity contribution is -0.206. The molecular weight excluding hydrogens is 302 g/mol. The molecule has 0 saturated carbocycles. The normalized spacial score (nSPS) is 28.8. The van der Waals surface area contributed by atoms with Gasteiger partial charge in [0.15, 0.2) is 6.10 Å². The van der Waals surface area contributed by atoms with Crippen LogP contribution in [0.15, 0.2) is 18.2 Å². The highest BCUT2D eigenvalue weighted by Gasteiger charge is 2.46. The maximum absolute atomic E-state index is 13.5. The van der Waals surface area contributed by atoms with E-state index in [-0.39, 0.29) is 24.9 Å². The van der Waals surface area contributed by atoms with Gasteiger partial charge in [0.25, 0.3) is 0 Å². The monoisotopic (exact) mass is 319 g/mol. The Bertz CT molecular complexity index is 535. The topological polar surface area (TPSA) is 30.5 Å². The van der Waals surface area contributed by atoms with Crippen LogP contribution in [0.25, 0.3) is 0 Å². The van der Waals surface area contributed by atoms with Crippen molar-refractivity contribution in [1.82, 2.24) is 5.32 Å². The summed E-state index contributed by atoms with van der Waals surface area (Å²) >= 11 is 0. The molecule has 3 nitrogen and oxygen atoms in total. The molecule has 0 aliphatic carbocycles. The number of fused-ring (bicyclic) bond motifs is 1. The van der Waals surface area contributed by atoms with Gasteiger partial charge in [-0.1, -0.05) is 0 Å². The third kappa shape index (κ3) is 3.35. The van der Waals surface area contributed by atoms with Crippen molar-refractivity contribution in [2.75, 3.05) is 13.2 Å². The first kappa shape index (κ1) is 15.6. The van der Waals surface area contributed by atoms with Crippen molar-refractivity contribution < 1.29 is 27.0 Å². The third-order valence-corrected chi connectivity index (χ3v) is 4.04. The van der Waals surface area contributed by atoms with Crippen LogP contribution in [0, 0.1) is 5.82 Å². The van der Waals surface area contributed by atoms with Crippen molar-refractivity contribution >= 4 is 0 Å². The molecule has 1 aromatic rings. The fourth-order valence-corrected chi connectivity index (χ4v) is 2.98. The average molecular weight is 319 g/mol. The van der Waals surface area contributed by atoms with E-state index in [1.54, 1.807) is 6.07 Å². The van der Waals surface area contributed by atoms with Gasteiger partial charge >= 0.3 is 6.18 Å². The second-order valence-corrected chi connectivity index (χ2v) is 5.69. The lowest BCUT2D eigenvalue weighted by Gasteiger charge is -2.22. The largest absolute Gasteiger partial charge is 0.493 e. The van der Waals surface area contributed by atoms with E-state index in [0.717, 1.165) is 6.42 Å². The smallest absolute Gasteiger partial charge is 0.414 e. The molecule has 22 heavy (non-hydrogen) atoms. The zero-order valence-corrected chi connectivity index (χ0v) is 11.8. The molecule has 2 aliphatic rings. The van der Waals surface area contributed by atoms with Gasteiger partial charge in [-0.25, -0.2) is 4.39 Å². The molecule has 2 aliphatic heterocycles. The van der Waals surface area contributed by atoms with E-state index in [2.05, 4.69) is 5.32 Å². The van der Waals surface area contributed by atoms with E-state index in [0.29, 0.717) is 24.3 Å². The molecule has 1 saturated heterocycles. The van der Waals surface area contributed by atoms with Gasteiger partial charge in [-0.05, 0) is 31.0 Å². The molecule has 3 rings (SSSR count). The van der Waals surface area contributed by atoms with Crippen molar-refractivity contribution in [2.24, 2.45) is 0 Å². The Hall–Kier alpha value is -1.34. The molecule has 0 bridgehead atoms. The maximum atomic E-state index is 13.5. The van der Waals surface area contributed by atoms with Crippen LogP contribution in [-0.2, 0) is 4.74 Å². The molecule has 0 amide bonds. The standard InChI is InChI=1S/C15H17F4NO2/c16-9-3-4-13-11(6-9)12(2-1-5-21-13)20-10-7-14(22-8-10)15(17,18)19/h3-4,6,10,12,14,20H,1-2,5,7-8H2/t10-,12?,14-/m0/s1. The van der Waals surface area contributed by atoms with E-state index in [1.807, 2.05) is 0 Å². The molecule has 1 aromatic carbocycles. The van der Waals surface area contributed by atoms with Crippen LogP contribution < -0.4 is 10.1 Å². The number of nitrogens with one attached hydrogen (secondary N) is 1. The van der Waals surface area contributed by atoms with E-state index in [1.165, 1.54) is 12.1 Å². The van der Waals surface area contributed by atoms with Gasteiger partial charge in [-0.3, -0.25) is 0 Å². The van der Waals surface area contributed by atoms with E-state index in [9.17, 15) is 17.6 Å². The number of alkyl halides is 3. The predicted molar refractivity (Wildman–Crippen MR) is 71.2 cm³/mol. The zero-order chi connectivity index (χ0) is 15.7. The van der Waals surface area contributed by atoms with Crippen LogP contribution in [0.1, 0.15) is 30.9 Å². The Morgan fingerprint density at radius 1 is 1.23 bits per heavy atom. The Morgan fingerprint density at radius 2 is 2.05 bits per heavy atom. The number of rotatable bonds is 2. The van der Waals surface area contributed by atoms with Crippen molar-refractivity contribution in [3.8, 4) is 5.75 Å². The second-order valence-electron chi connectivity index (χ2n) is 5.69. The van der Waals surface area contributed by atoms with Crippen molar-refractivity contribution in [1.29, 1.82) is 0 Å². The minimum Gasteiger partial charge on any atom is -0.493 e. The Morgan fingerprint density at radius 3 is 2.77 bits per heavy atom. The highest BCUT2D eigenvalue weighted by molar-refractivity contribution is 5.37. The van der Waals surface area contributed by atoms with Crippen molar-refractivity contribution in [2.45, 2.75) is 43.6 Å². The number of hydrogen-bond acceptors (Lipinski definition) is 3. The van der Waals surface area contributed by atoms with Crippen LogP contribution in [0.2, 0.25) is 0 Å². The lowest BCUT2D eigenvalue weighted by Crippen LogP contribution is -2.34. The van der Waals surface area contributed by atoms with Crippen LogP contribution >= 0.6 is 0 Å². The van der Waals surface area contributed by atoms with Gasteiger partial charge in [0.1, 0.15) is 11.6 Å². The summed E-state index contributed by atoms with van der Waals surface area (Å²) in [5, 5.41) is 3.17. The minimum atomic E-state index is -4.34. The van der Waals surface area contributed by atoms with Gasteiger partial charge in [-0.2, -0.15) is 13.2 Å². The van der Waals surface area contributed by atoms with Gasteiger partial charge in [-0.15, -0.1) is 0 Å². The van der Waals surface area contributed by atoms with Gasteiger partial charge in [0.05, 0.1) is 13.2 Å². The van der Waals surface area contributed by atoms with Gasteiger partial charge < -0.3 is 14.8 Å². The zero-order valence-electron chi connectivity index (χ0n) is 11.8. The molecule has 122 valence electrons. The molecule has 1 N–H and O–H groups in total. The first-order valence-electron chi connectivity index (χ1n) is 7.30. The van der Waals surface area contributed by atoms with E-state index in [4.69, 9.17) is 9.47 Å². The van der Waals surface area contributed by atoms with Crippen molar-refractivity contribution in [3.63, 3.8) is 0 Å². The summed E-state index contributed by atoms with van der Waals surface area (Å²) in [5.74, 6) is 0.203. The van der Waals surface area contributed by atoms with Crippen LogP contribution in [0.4, 0.5) is 17.6 Å². The first-order valence-corrected chi connectivity index (χ1v) is 7.30. The van der Waals surface area contributed by atoms with E-state index < -0.39 is 18.3 Å². The Kier molecular flexibility index (Phi) is 4.27. The van der Waals surface area contributed by atoms with Crippen molar-refractivity contribution in [3.05, 3.63) is 29.6 Å². The minimum absolute atomic E-state index is 0.00613. The predicted octanol–water partition coefficient (Wildman–Crippen LogP) is 3.35. The summed E-state index contributed by atoms with van der Waals surface area (Å²) < 4.78 is 61.8. The molecule has 2 heterocycles. The summed E-state index contributed by atoms with van der Waals surface area (Å²) in [6, 6.07) is 3.64. The molecule has 0 radical (unpaired) electrons. The third-order valence-electron chi connectivity index (χ3n) is 4.04. The highest BCUT2D eigenvalue weighted by atomic mass is 19.4. The van der Waals surface area contributed by atoms with Gasteiger partial charge in [0.2, 0.25) is 0 Å². The van der Waals surface area contributed by atoms with Crippen LogP contribution in [0.3, 0.4) is 0 Å². The Labute approximate surface area is 125 Å². The first-order chi connectivity index (χ1) is 10.4. The maximum Gasteiger partial charge on any atom is 0.414 e. The second kappa shape index (κ2) is 6.04. The summed E-state index contributed by atoms with van der Waals surface area (Å²) in [6.07, 6.45) is -4.74. The molecular formula is C15H17F4NO2. The summed E-state index contributed by atoms with van der Waals surface area (Å²) in [5.41, 5.74) is 0.660. The molecule has 1 fully saturated rings. The molecule has 3 atom stereocenters. The van der Waals surface area contributed by atoms with Crippen LogP contribution in [-0.4, -0.2) is 31.5 Å². The molecule has 1 unspecified atom stereocenters. The number of ether oxygens (including phenoxy) is 2. The fraction of sp³-hybridized carbons (Fsp3) is 0.600. The molecule has 0 spiro atoms. The number of halogens is 4. The lowest BCUT2D eigenvalue weighted by atomic mass is 10.00. The Balaban J connectivity index is 1.72. The number of hydrogen-bond donors (Lipinski definition) is 1. The van der Waals surface area contributed by atoms with E-state index >= 15 is 0 Å². The van der Waals surface area contributed by atoms with Crippen LogP contribution in [0.5, 0.6) is 5.75 Å². The quantitative estimate of drug-likeness (QED) is 0.848. The molecule has 0 aromatic heterocycles. The summed E-state index contributed by atoms with van der Waals surface area (Å²) in [7, 11) is 0. The molecule has 7 heteroatoms. The SMILES string of the molecule is Fc1ccc2c(c1)C(N[C@@H]1CO[C@H](C(F)(F)F)C1)CCCO2. The van der Waals surface area contributed by atoms with Gasteiger partial charge in [0, 0.05) is 24.1 Å². The average Bonchev–Trinajstić information content (AvgIpc) is 2.83. The number of benzene rings is 1. The summed E-state index contributed by atoms with van der Waals surface area (Å²) in [6.45, 7) is 0.523. The highest BCUT2D eigenvalue weighted by Crippen LogP contribution is 2.35. The fourth-order valence-electron chi connectivity index (χ4n) is 2.98.